The number of phenolic OH excluding ortho intramolecular Hbond substituents is 3. The summed E-state index contributed by atoms with van der Waals surface area (Å²) in [4.78, 5) is 0. The highest BCUT2D eigenvalue weighted by Gasteiger charge is 2.17. The highest BCUT2D eigenvalue weighted by molar-refractivity contribution is 5.53. The molecule has 14 heavy (non-hydrogen) atoms. The Morgan fingerprint density at radius 2 is 1.79 bits per heavy atom. The molecule has 0 saturated heterocycles. The van der Waals surface area contributed by atoms with E-state index in [1.54, 1.807) is 0 Å². The Kier molecular flexibility index (Phi) is 3.19. The van der Waals surface area contributed by atoms with Gasteiger partial charge >= 0.3 is 0 Å². The summed E-state index contributed by atoms with van der Waals surface area (Å²) in [5.74, 6) is -0.670. The SMILES string of the molecule is CCCC(N)c1c(O)ccc(O)c1O. The Morgan fingerprint density at radius 1 is 1.21 bits per heavy atom. The van der Waals surface area contributed by atoms with Crippen LogP contribution in [-0.2, 0) is 0 Å². The predicted molar refractivity (Wildman–Crippen MR) is 53.3 cm³/mol. The maximum atomic E-state index is 9.49. The van der Waals surface area contributed by atoms with Gasteiger partial charge in [0.25, 0.3) is 0 Å². The molecule has 0 aliphatic heterocycles. The van der Waals surface area contributed by atoms with Crippen LogP contribution >= 0.6 is 0 Å². The van der Waals surface area contributed by atoms with E-state index in [1.165, 1.54) is 12.1 Å². The van der Waals surface area contributed by atoms with E-state index in [0.717, 1.165) is 6.42 Å². The Balaban J connectivity index is 3.11. The number of hydrogen-bond donors (Lipinski definition) is 4. The number of nitrogens with two attached hydrogens (primary N) is 1. The molecule has 0 fully saturated rings. The maximum absolute atomic E-state index is 9.49. The molecule has 1 unspecified atom stereocenters. The molecule has 4 heteroatoms. The molecule has 4 nitrogen and oxygen atoms in total. The van der Waals surface area contributed by atoms with E-state index in [4.69, 9.17) is 5.73 Å². The minimum Gasteiger partial charge on any atom is -0.507 e. The van der Waals surface area contributed by atoms with E-state index < -0.39 is 6.04 Å². The first-order valence-corrected chi connectivity index (χ1v) is 4.57. The Morgan fingerprint density at radius 3 is 2.36 bits per heavy atom. The van der Waals surface area contributed by atoms with Crippen molar-refractivity contribution in [2.75, 3.05) is 0 Å². The van der Waals surface area contributed by atoms with Crippen molar-refractivity contribution in [2.24, 2.45) is 5.73 Å². The molecule has 1 rings (SSSR count). The number of phenols is 3. The smallest absolute Gasteiger partial charge is 0.166 e. The quantitative estimate of drug-likeness (QED) is 0.438. The van der Waals surface area contributed by atoms with Crippen LogP contribution < -0.4 is 5.73 Å². The van der Waals surface area contributed by atoms with Crippen LogP contribution in [0.25, 0.3) is 0 Å². The molecule has 0 radical (unpaired) electrons. The maximum Gasteiger partial charge on any atom is 0.166 e. The second kappa shape index (κ2) is 4.19. The van der Waals surface area contributed by atoms with E-state index in [0.29, 0.717) is 6.42 Å². The van der Waals surface area contributed by atoms with Crippen LogP contribution in [0.5, 0.6) is 17.2 Å². The topological polar surface area (TPSA) is 86.7 Å². The minimum atomic E-state index is -0.452. The third-order valence-electron chi connectivity index (χ3n) is 2.14. The normalized spacial score (nSPS) is 12.7. The zero-order valence-electron chi connectivity index (χ0n) is 8.07. The molecule has 0 aliphatic carbocycles. The van der Waals surface area contributed by atoms with Crippen LogP contribution in [-0.4, -0.2) is 15.3 Å². The molecule has 1 aromatic carbocycles. The molecule has 0 bridgehead atoms. The van der Waals surface area contributed by atoms with Crippen LogP contribution in [0.1, 0.15) is 31.4 Å². The lowest BCUT2D eigenvalue weighted by Crippen LogP contribution is -2.10. The predicted octanol–water partition coefficient (Wildman–Crippen LogP) is 1.60. The van der Waals surface area contributed by atoms with Crippen molar-refractivity contribution >= 4 is 0 Å². The van der Waals surface area contributed by atoms with Crippen molar-refractivity contribution in [1.82, 2.24) is 0 Å². The summed E-state index contributed by atoms with van der Waals surface area (Å²) in [6.07, 6.45) is 1.49. The van der Waals surface area contributed by atoms with Gasteiger partial charge in [-0.15, -0.1) is 0 Å². The third-order valence-corrected chi connectivity index (χ3v) is 2.14. The highest BCUT2D eigenvalue weighted by atomic mass is 16.3. The molecular formula is C10H15NO3. The van der Waals surface area contributed by atoms with Crippen molar-refractivity contribution in [3.05, 3.63) is 17.7 Å². The summed E-state index contributed by atoms with van der Waals surface area (Å²) >= 11 is 0. The van der Waals surface area contributed by atoms with Crippen molar-refractivity contribution in [1.29, 1.82) is 0 Å². The van der Waals surface area contributed by atoms with Crippen LogP contribution in [0.2, 0.25) is 0 Å². The van der Waals surface area contributed by atoms with Gasteiger partial charge in [0.2, 0.25) is 0 Å². The minimum absolute atomic E-state index is 0.0822. The average Bonchev–Trinajstić information content (AvgIpc) is 2.13. The molecule has 0 saturated carbocycles. The fourth-order valence-electron chi connectivity index (χ4n) is 1.41. The second-order valence-electron chi connectivity index (χ2n) is 3.26. The number of benzene rings is 1. The Labute approximate surface area is 82.6 Å². The highest BCUT2D eigenvalue weighted by Crippen LogP contribution is 2.39. The van der Waals surface area contributed by atoms with Crippen LogP contribution in [0.15, 0.2) is 12.1 Å². The van der Waals surface area contributed by atoms with Crippen LogP contribution in [0, 0.1) is 0 Å². The first-order chi connectivity index (χ1) is 6.57. The lowest BCUT2D eigenvalue weighted by atomic mass is 10.0. The Bertz CT molecular complexity index is 325. The molecule has 0 amide bonds. The fraction of sp³-hybridized carbons (Fsp3) is 0.400. The van der Waals surface area contributed by atoms with Gasteiger partial charge < -0.3 is 21.1 Å². The molecular weight excluding hydrogens is 182 g/mol. The monoisotopic (exact) mass is 197 g/mol. The van der Waals surface area contributed by atoms with Gasteiger partial charge in [-0.05, 0) is 18.6 Å². The van der Waals surface area contributed by atoms with E-state index >= 15 is 0 Å². The largest absolute Gasteiger partial charge is 0.507 e. The lowest BCUT2D eigenvalue weighted by molar-refractivity contribution is 0.382. The fourth-order valence-corrected chi connectivity index (χ4v) is 1.41. The summed E-state index contributed by atoms with van der Waals surface area (Å²) < 4.78 is 0. The third kappa shape index (κ3) is 1.90. The van der Waals surface area contributed by atoms with Gasteiger partial charge in [-0.2, -0.15) is 0 Å². The van der Waals surface area contributed by atoms with E-state index in [1.807, 2.05) is 6.92 Å². The van der Waals surface area contributed by atoms with Gasteiger partial charge in [-0.3, -0.25) is 0 Å². The molecule has 0 aromatic heterocycles. The molecule has 5 N–H and O–H groups in total. The molecule has 0 heterocycles. The van der Waals surface area contributed by atoms with E-state index in [-0.39, 0.29) is 22.8 Å². The summed E-state index contributed by atoms with van der Waals surface area (Å²) in [5, 5.41) is 28.2. The molecule has 1 atom stereocenters. The second-order valence-corrected chi connectivity index (χ2v) is 3.26. The lowest BCUT2D eigenvalue weighted by Gasteiger charge is -2.14. The van der Waals surface area contributed by atoms with Crippen molar-refractivity contribution < 1.29 is 15.3 Å². The van der Waals surface area contributed by atoms with Crippen molar-refractivity contribution in [3.63, 3.8) is 0 Å². The van der Waals surface area contributed by atoms with Gasteiger partial charge in [0.15, 0.2) is 11.5 Å². The first kappa shape index (κ1) is 10.7. The molecule has 78 valence electrons. The van der Waals surface area contributed by atoms with Gasteiger partial charge in [-0.1, -0.05) is 13.3 Å². The van der Waals surface area contributed by atoms with Gasteiger partial charge in [0.05, 0.1) is 5.56 Å². The summed E-state index contributed by atoms with van der Waals surface area (Å²) in [7, 11) is 0. The number of hydrogen-bond acceptors (Lipinski definition) is 4. The molecule has 1 aromatic rings. The van der Waals surface area contributed by atoms with E-state index in [2.05, 4.69) is 0 Å². The van der Waals surface area contributed by atoms with E-state index in [9.17, 15) is 15.3 Å². The molecule has 0 spiro atoms. The number of aromatic hydroxyl groups is 3. The van der Waals surface area contributed by atoms with Crippen LogP contribution in [0.3, 0.4) is 0 Å². The van der Waals surface area contributed by atoms with Gasteiger partial charge in [-0.25, -0.2) is 0 Å². The summed E-state index contributed by atoms with van der Waals surface area (Å²) in [5.41, 5.74) is 5.96. The van der Waals surface area contributed by atoms with Gasteiger partial charge in [0.1, 0.15) is 5.75 Å². The zero-order chi connectivity index (χ0) is 10.7. The standard InChI is InChI=1S/C10H15NO3/c1-2-3-6(11)9-7(12)4-5-8(13)10(9)14/h4-6,12-14H,2-3,11H2,1H3. The van der Waals surface area contributed by atoms with Crippen LogP contribution in [0.4, 0.5) is 0 Å². The number of rotatable bonds is 3. The van der Waals surface area contributed by atoms with Crippen molar-refractivity contribution in [3.8, 4) is 17.2 Å². The van der Waals surface area contributed by atoms with Crippen molar-refractivity contribution in [2.45, 2.75) is 25.8 Å². The molecule has 0 aliphatic rings. The first-order valence-electron chi connectivity index (χ1n) is 4.57. The zero-order valence-corrected chi connectivity index (χ0v) is 8.07. The van der Waals surface area contributed by atoms with Gasteiger partial charge in [0, 0.05) is 6.04 Å². The summed E-state index contributed by atoms with van der Waals surface area (Å²) in [6.45, 7) is 1.96. The average molecular weight is 197 g/mol. The summed E-state index contributed by atoms with van der Waals surface area (Å²) in [6, 6.07) is 2.10. The Hall–Kier alpha value is -1.42.